The zero-order valence-electron chi connectivity index (χ0n) is 16.5. The quantitative estimate of drug-likeness (QED) is 0.681. The fourth-order valence-corrected chi connectivity index (χ4v) is 5.77. The third-order valence-electron chi connectivity index (χ3n) is 5.83. The Hall–Kier alpha value is -2.34. The lowest BCUT2D eigenvalue weighted by Crippen LogP contribution is -2.29. The van der Waals surface area contributed by atoms with Gasteiger partial charge in [-0.3, -0.25) is 4.31 Å². The van der Waals surface area contributed by atoms with Gasteiger partial charge in [-0.05, 0) is 61.9 Å². The molecule has 0 bridgehead atoms. The lowest BCUT2D eigenvalue weighted by Gasteiger charge is -2.21. The maximum atomic E-state index is 13.2. The van der Waals surface area contributed by atoms with E-state index in [4.69, 9.17) is 4.74 Å². The summed E-state index contributed by atoms with van der Waals surface area (Å²) in [5, 5.41) is 0. The van der Waals surface area contributed by atoms with Gasteiger partial charge in [0.2, 0.25) is 0 Å². The average Bonchev–Trinajstić information content (AvgIpc) is 3.15. The number of hydrogen-bond acceptors (Lipinski definition) is 4. The minimum Gasteiger partial charge on any atom is -0.459 e. The van der Waals surface area contributed by atoms with E-state index in [0.717, 1.165) is 36.9 Å². The molecule has 1 heterocycles. The zero-order chi connectivity index (χ0) is 20.3. The Labute approximate surface area is 172 Å². The van der Waals surface area contributed by atoms with E-state index < -0.39 is 16.0 Å². The van der Waals surface area contributed by atoms with E-state index in [1.165, 1.54) is 29.6 Å². The van der Waals surface area contributed by atoms with Crippen LogP contribution in [0.1, 0.15) is 60.9 Å². The van der Waals surface area contributed by atoms with E-state index >= 15 is 0 Å². The van der Waals surface area contributed by atoms with Crippen molar-refractivity contribution in [2.75, 3.05) is 10.8 Å². The average molecular weight is 414 g/mol. The zero-order valence-corrected chi connectivity index (χ0v) is 17.4. The molecule has 0 atom stereocenters. The van der Waals surface area contributed by atoms with Crippen molar-refractivity contribution in [3.63, 3.8) is 0 Å². The van der Waals surface area contributed by atoms with Crippen molar-refractivity contribution >= 4 is 21.7 Å². The second-order valence-corrected chi connectivity index (χ2v) is 9.72. The number of rotatable bonds is 4. The van der Waals surface area contributed by atoms with Crippen LogP contribution in [0.25, 0.3) is 0 Å². The number of sulfonamides is 1. The molecule has 0 amide bonds. The summed E-state index contributed by atoms with van der Waals surface area (Å²) >= 11 is 0. The topological polar surface area (TPSA) is 63.7 Å². The van der Waals surface area contributed by atoms with Crippen LogP contribution >= 0.6 is 0 Å². The van der Waals surface area contributed by atoms with Gasteiger partial charge in [0.1, 0.15) is 6.10 Å². The molecule has 0 spiro atoms. The molecule has 1 fully saturated rings. The summed E-state index contributed by atoms with van der Waals surface area (Å²) in [5.41, 5.74) is 2.03. The van der Waals surface area contributed by atoms with E-state index in [0.29, 0.717) is 18.5 Å². The molecule has 0 N–H and O–H groups in total. The summed E-state index contributed by atoms with van der Waals surface area (Å²) in [6.07, 6.45) is 8.13. The molecule has 0 aromatic heterocycles. The second kappa shape index (κ2) is 8.57. The predicted octanol–water partition coefficient (Wildman–Crippen LogP) is 4.71. The van der Waals surface area contributed by atoms with E-state index in [9.17, 15) is 13.2 Å². The standard InChI is InChI=1S/C23H27NO4S/c25-23(28-20-11-4-2-1-3-5-12-20)19-10-8-13-21(17-19)29(26,27)24-16-15-18-9-6-7-14-22(18)24/h6-10,13-14,17,20H,1-5,11-12,15-16H2. The number of nitrogens with zero attached hydrogens (tertiary/aromatic N) is 1. The summed E-state index contributed by atoms with van der Waals surface area (Å²) in [7, 11) is -3.73. The monoisotopic (exact) mass is 413 g/mol. The van der Waals surface area contributed by atoms with Crippen molar-refractivity contribution in [2.45, 2.75) is 62.4 Å². The molecule has 1 aliphatic heterocycles. The van der Waals surface area contributed by atoms with Gasteiger partial charge in [-0.15, -0.1) is 0 Å². The van der Waals surface area contributed by atoms with Gasteiger partial charge in [-0.25, -0.2) is 13.2 Å². The summed E-state index contributed by atoms with van der Waals surface area (Å²) in [4.78, 5) is 12.8. The normalized spacial score (nSPS) is 18.0. The molecule has 4 rings (SSSR count). The molecule has 5 nitrogen and oxygen atoms in total. The van der Waals surface area contributed by atoms with Crippen molar-refractivity contribution < 1.29 is 17.9 Å². The number of fused-ring (bicyclic) bond motifs is 1. The number of para-hydroxylation sites is 1. The number of carbonyl (C=O) groups excluding carboxylic acids is 1. The van der Waals surface area contributed by atoms with Gasteiger partial charge in [0.15, 0.2) is 0 Å². The lowest BCUT2D eigenvalue weighted by atomic mass is 9.98. The molecule has 0 saturated heterocycles. The Morgan fingerprint density at radius 2 is 1.66 bits per heavy atom. The maximum Gasteiger partial charge on any atom is 0.338 e. The van der Waals surface area contributed by atoms with Gasteiger partial charge in [-0.1, -0.05) is 43.5 Å². The predicted molar refractivity (Wildman–Crippen MR) is 113 cm³/mol. The first kappa shape index (κ1) is 20.0. The number of anilines is 1. The van der Waals surface area contributed by atoms with Crippen molar-refractivity contribution in [2.24, 2.45) is 0 Å². The van der Waals surface area contributed by atoms with Gasteiger partial charge in [0, 0.05) is 6.54 Å². The highest BCUT2D eigenvalue weighted by atomic mass is 32.2. The third kappa shape index (κ3) is 4.32. The van der Waals surface area contributed by atoms with E-state index in [2.05, 4.69) is 0 Å². The highest BCUT2D eigenvalue weighted by Gasteiger charge is 2.31. The van der Waals surface area contributed by atoms with Crippen molar-refractivity contribution in [1.82, 2.24) is 0 Å². The Morgan fingerprint density at radius 3 is 2.45 bits per heavy atom. The molecular weight excluding hydrogens is 386 g/mol. The van der Waals surface area contributed by atoms with Crippen LogP contribution in [0.3, 0.4) is 0 Å². The summed E-state index contributed by atoms with van der Waals surface area (Å²) in [6, 6.07) is 13.8. The molecule has 2 aromatic carbocycles. The Morgan fingerprint density at radius 1 is 0.931 bits per heavy atom. The molecule has 1 aliphatic carbocycles. The molecule has 1 saturated carbocycles. The fraction of sp³-hybridized carbons (Fsp3) is 0.435. The van der Waals surface area contributed by atoms with Crippen LogP contribution in [0.5, 0.6) is 0 Å². The Balaban J connectivity index is 1.53. The Kier molecular flexibility index (Phi) is 5.90. The second-order valence-electron chi connectivity index (χ2n) is 7.86. The first-order valence-corrected chi connectivity index (χ1v) is 11.9. The van der Waals surface area contributed by atoms with Crippen LogP contribution in [0.4, 0.5) is 5.69 Å². The summed E-state index contributed by atoms with van der Waals surface area (Å²) in [5.74, 6) is -0.436. The minimum absolute atomic E-state index is 0.0754. The number of esters is 1. The maximum absolute atomic E-state index is 13.2. The van der Waals surface area contributed by atoms with Crippen LogP contribution in [-0.2, 0) is 21.2 Å². The van der Waals surface area contributed by atoms with Gasteiger partial charge >= 0.3 is 5.97 Å². The summed E-state index contributed by atoms with van der Waals surface area (Å²) in [6.45, 7) is 0.415. The molecule has 29 heavy (non-hydrogen) atoms. The van der Waals surface area contributed by atoms with Gasteiger partial charge in [-0.2, -0.15) is 0 Å². The van der Waals surface area contributed by atoms with Crippen molar-refractivity contribution in [3.05, 3.63) is 59.7 Å². The molecular formula is C23H27NO4S. The molecule has 2 aromatic rings. The van der Waals surface area contributed by atoms with E-state index in [1.54, 1.807) is 18.2 Å². The van der Waals surface area contributed by atoms with Gasteiger partial charge in [0.25, 0.3) is 10.0 Å². The molecule has 0 unspecified atom stereocenters. The van der Waals surface area contributed by atoms with Crippen LogP contribution in [0.15, 0.2) is 53.4 Å². The summed E-state index contributed by atoms with van der Waals surface area (Å²) < 4.78 is 33.6. The highest BCUT2D eigenvalue weighted by molar-refractivity contribution is 7.92. The lowest BCUT2D eigenvalue weighted by molar-refractivity contribution is 0.0239. The Bertz CT molecular complexity index is 978. The largest absolute Gasteiger partial charge is 0.459 e. The van der Waals surface area contributed by atoms with Crippen molar-refractivity contribution in [3.8, 4) is 0 Å². The fourth-order valence-electron chi connectivity index (χ4n) is 4.22. The third-order valence-corrected chi connectivity index (χ3v) is 7.64. The van der Waals surface area contributed by atoms with E-state index in [1.807, 2.05) is 24.3 Å². The first-order chi connectivity index (χ1) is 14.1. The first-order valence-electron chi connectivity index (χ1n) is 10.5. The minimum atomic E-state index is -3.73. The number of benzene rings is 2. The van der Waals surface area contributed by atoms with Crippen LogP contribution in [0, 0.1) is 0 Å². The van der Waals surface area contributed by atoms with Crippen LogP contribution < -0.4 is 4.31 Å². The smallest absolute Gasteiger partial charge is 0.338 e. The SMILES string of the molecule is O=C(OC1CCCCCCC1)c1cccc(S(=O)(=O)N2CCc3ccccc32)c1. The number of carbonyl (C=O) groups is 1. The molecule has 2 aliphatic rings. The van der Waals surface area contributed by atoms with Gasteiger partial charge < -0.3 is 4.74 Å². The van der Waals surface area contributed by atoms with Gasteiger partial charge in [0.05, 0.1) is 16.1 Å². The number of ether oxygens (including phenoxy) is 1. The highest BCUT2D eigenvalue weighted by Crippen LogP contribution is 2.33. The van der Waals surface area contributed by atoms with E-state index in [-0.39, 0.29) is 11.0 Å². The molecule has 154 valence electrons. The van der Waals surface area contributed by atoms with Crippen LogP contribution in [-0.4, -0.2) is 27.0 Å². The molecule has 6 heteroatoms. The molecule has 0 radical (unpaired) electrons. The van der Waals surface area contributed by atoms with Crippen LogP contribution in [0.2, 0.25) is 0 Å². The van der Waals surface area contributed by atoms with Crippen molar-refractivity contribution in [1.29, 1.82) is 0 Å². The number of hydrogen-bond donors (Lipinski definition) is 0.